The molecule has 8 heteroatoms. The molecule has 1 aromatic rings. The summed E-state index contributed by atoms with van der Waals surface area (Å²) < 4.78 is 40.0. The van der Waals surface area contributed by atoms with Crippen molar-refractivity contribution in [1.82, 2.24) is 5.32 Å². The molecule has 0 bridgehead atoms. The lowest BCUT2D eigenvalue weighted by Crippen LogP contribution is -2.55. The molecule has 0 aliphatic heterocycles. The van der Waals surface area contributed by atoms with E-state index < -0.39 is 29.5 Å². The van der Waals surface area contributed by atoms with Crippen molar-refractivity contribution in [3.8, 4) is 5.75 Å². The molecule has 0 radical (unpaired) electrons. The molecule has 126 valence electrons. The Kier molecular flexibility index (Phi) is 4.82. The maximum atomic E-state index is 12.2. The van der Waals surface area contributed by atoms with Gasteiger partial charge in [-0.25, -0.2) is 4.79 Å². The van der Waals surface area contributed by atoms with Gasteiger partial charge in [-0.05, 0) is 37.1 Å². The Morgan fingerprint density at radius 1 is 1.09 bits per heavy atom. The number of halogens is 3. The highest BCUT2D eigenvalue weighted by molar-refractivity contribution is 5.98. The zero-order chi connectivity index (χ0) is 17.1. The van der Waals surface area contributed by atoms with Gasteiger partial charge in [-0.3, -0.25) is 4.79 Å². The number of amides is 1. The van der Waals surface area contributed by atoms with Gasteiger partial charge in [0.05, 0.1) is 0 Å². The van der Waals surface area contributed by atoms with E-state index in [4.69, 9.17) is 0 Å². The molecule has 2 rings (SSSR count). The zero-order valence-electron chi connectivity index (χ0n) is 12.2. The number of aliphatic carboxylic acids is 1. The minimum Gasteiger partial charge on any atom is -0.480 e. The third-order valence-corrected chi connectivity index (χ3v) is 3.82. The average molecular weight is 331 g/mol. The fourth-order valence-electron chi connectivity index (χ4n) is 2.65. The Bertz CT molecular complexity index is 577. The molecule has 5 nitrogen and oxygen atoms in total. The van der Waals surface area contributed by atoms with Crippen LogP contribution in [0.1, 0.15) is 42.5 Å². The van der Waals surface area contributed by atoms with Crippen molar-refractivity contribution >= 4 is 11.9 Å². The van der Waals surface area contributed by atoms with E-state index in [2.05, 4.69) is 10.1 Å². The van der Waals surface area contributed by atoms with E-state index in [9.17, 15) is 27.9 Å². The molecule has 0 unspecified atom stereocenters. The number of alkyl halides is 3. The van der Waals surface area contributed by atoms with Gasteiger partial charge < -0.3 is 15.2 Å². The maximum absolute atomic E-state index is 12.2. The second-order valence-electron chi connectivity index (χ2n) is 5.47. The quantitative estimate of drug-likeness (QED) is 0.889. The standard InChI is InChI=1S/C15H16F3NO4/c16-15(17,18)23-11-6-4-10(5-7-11)12(20)19-14(13(21)22)8-2-1-3-9-14/h4-7H,1-3,8-9H2,(H,19,20)(H,21,22). The summed E-state index contributed by atoms with van der Waals surface area (Å²) in [6.07, 6.45) is -1.82. The Balaban J connectivity index is 2.09. The first kappa shape index (κ1) is 17.1. The molecule has 0 aromatic heterocycles. The number of hydrogen-bond donors (Lipinski definition) is 2. The summed E-state index contributed by atoms with van der Waals surface area (Å²) in [6, 6.07) is 4.34. The van der Waals surface area contributed by atoms with E-state index in [0.29, 0.717) is 25.7 Å². The van der Waals surface area contributed by atoms with Crippen LogP contribution >= 0.6 is 0 Å². The second-order valence-corrected chi connectivity index (χ2v) is 5.47. The highest BCUT2D eigenvalue weighted by atomic mass is 19.4. The van der Waals surface area contributed by atoms with Crippen LogP contribution in [0.3, 0.4) is 0 Å². The lowest BCUT2D eigenvalue weighted by Gasteiger charge is -2.34. The van der Waals surface area contributed by atoms with Crippen LogP contribution in [-0.4, -0.2) is 28.9 Å². The largest absolute Gasteiger partial charge is 0.573 e. The molecular formula is C15H16F3NO4. The van der Waals surface area contributed by atoms with E-state index in [-0.39, 0.29) is 5.56 Å². The summed E-state index contributed by atoms with van der Waals surface area (Å²) in [5.41, 5.74) is -1.23. The summed E-state index contributed by atoms with van der Waals surface area (Å²) in [7, 11) is 0. The van der Waals surface area contributed by atoms with Crippen LogP contribution < -0.4 is 10.1 Å². The van der Waals surface area contributed by atoms with Gasteiger partial charge in [-0.2, -0.15) is 0 Å². The van der Waals surface area contributed by atoms with Gasteiger partial charge in [0.25, 0.3) is 5.91 Å². The lowest BCUT2D eigenvalue weighted by atomic mass is 9.81. The van der Waals surface area contributed by atoms with Gasteiger partial charge in [-0.15, -0.1) is 13.2 Å². The van der Waals surface area contributed by atoms with Crippen LogP contribution in [-0.2, 0) is 4.79 Å². The van der Waals surface area contributed by atoms with E-state index >= 15 is 0 Å². The number of nitrogens with one attached hydrogen (secondary N) is 1. The first-order valence-corrected chi connectivity index (χ1v) is 7.14. The molecule has 1 aliphatic carbocycles. The maximum Gasteiger partial charge on any atom is 0.573 e. The van der Waals surface area contributed by atoms with Gasteiger partial charge in [0, 0.05) is 5.56 Å². The lowest BCUT2D eigenvalue weighted by molar-refractivity contribution is -0.274. The molecule has 0 heterocycles. The highest BCUT2D eigenvalue weighted by Gasteiger charge is 2.41. The minimum absolute atomic E-state index is 0.0747. The smallest absolute Gasteiger partial charge is 0.480 e. The third kappa shape index (κ3) is 4.37. The summed E-state index contributed by atoms with van der Waals surface area (Å²) in [5.74, 6) is -2.17. The monoisotopic (exact) mass is 331 g/mol. The normalized spacial score (nSPS) is 17.3. The number of hydrogen-bond acceptors (Lipinski definition) is 3. The average Bonchev–Trinajstić information content (AvgIpc) is 2.47. The number of carbonyl (C=O) groups excluding carboxylic acids is 1. The zero-order valence-corrected chi connectivity index (χ0v) is 12.2. The molecule has 0 spiro atoms. The fourth-order valence-corrected chi connectivity index (χ4v) is 2.65. The predicted molar refractivity (Wildman–Crippen MR) is 74.0 cm³/mol. The molecule has 1 aliphatic rings. The molecule has 0 atom stereocenters. The Hall–Kier alpha value is -2.25. The number of ether oxygens (including phenoxy) is 1. The molecule has 1 amide bonds. The minimum atomic E-state index is -4.81. The fraction of sp³-hybridized carbons (Fsp3) is 0.467. The van der Waals surface area contributed by atoms with Crippen molar-refractivity contribution in [3.63, 3.8) is 0 Å². The van der Waals surface area contributed by atoms with Crippen LogP contribution in [0.25, 0.3) is 0 Å². The molecule has 2 N–H and O–H groups in total. The van der Waals surface area contributed by atoms with Crippen molar-refractivity contribution in [2.45, 2.75) is 44.0 Å². The number of carboxylic acids is 1. The van der Waals surface area contributed by atoms with Crippen LogP contribution in [0.2, 0.25) is 0 Å². The summed E-state index contributed by atoms with van der Waals surface area (Å²) in [6.45, 7) is 0. The molecule has 1 aromatic carbocycles. The SMILES string of the molecule is O=C(NC1(C(=O)O)CCCCC1)c1ccc(OC(F)(F)F)cc1. The first-order chi connectivity index (χ1) is 10.7. The predicted octanol–water partition coefficient (Wildman–Crippen LogP) is 3.10. The van der Waals surface area contributed by atoms with E-state index in [1.54, 1.807) is 0 Å². The van der Waals surface area contributed by atoms with Crippen molar-refractivity contribution in [1.29, 1.82) is 0 Å². The van der Waals surface area contributed by atoms with Crippen LogP contribution in [0.15, 0.2) is 24.3 Å². The van der Waals surface area contributed by atoms with Crippen LogP contribution in [0, 0.1) is 0 Å². The van der Waals surface area contributed by atoms with E-state index in [0.717, 1.165) is 30.7 Å². The second kappa shape index (κ2) is 6.47. The van der Waals surface area contributed by atoms with Gasteiger partial charge >= 0.3 is 12.3 Å². The third-order valence-electron chi connectivity index (χ3n) is 3.82. The molecule has 1 saturated carbocycles. The summed E-state index contributed by atoms with van der Waals surface area (Å²) >= 11 is 0. The number of carboxylic acid groups (broad SMARTS) is 1. The Morgan fingerprint density at radius 2 is 1.65 bits per heavy atom. The Morgan fingerprint density at radius 3 is 2.13 bits per heavy atom. The van der Waals surface area contributed by atoms with E-state index in [1.165, 1.54) is 0 Å². The highest BCUT2D eigenvalue weighted by Crippen LogP contribution is 2.29. The van der Waals surface area contributed by atoms with E-state index in [1.807, 2.05) is 0 Å². The van der Waals surface area contributed by atoms with Gasteiger partial charge in [0.2, 0.25) is 0 Å². The summed E-state index contributed by atoms with van der Waals surface area (Å²) in [5, 5.41) is 11.9. The van der Waals surface area contributed by atoms with Crippen LogP contribution in [0.5, 0.6) is 5.75 Å². The van der Waals surface area contributed by atoms with Crippen molar-refractivity contribution in [2.75, 3.05) is 0 Å². The van der Waals surface area contributed by atoms with Gasteiger partial charge in [-0.1, -0.05) is 19.3 Å². The topological polar surface area (TPSA) is 75.6 Å². The molecule has 23 heavy (non-hydrogen) atoms. The van der Waals surface area contributed by atoms with Crippen LogP contribution in [0.4, 0.5) is 13.2 Å². The Labute approximate surface area is 130 Å². The van der Waals surface area contributed by atoms with Gasteiger partial charge in [0.15, 0.2) is 0 Å². The summed E-state index contributed by atoms with van der Waals surface area (Å²) in [4.78, 5) is 23.7. The molecule has 1 fully saturated rings. The van der Waals surface area contributed by atoms with Crippen molar-refractivity contribution < 1.29 is 32.6 Å². The molecular weight excluding hydrogens is 315 g/mol. The first-order valence-electron chi connectivity index (χ1n) is 7.14. The number of rotatable bonds is 4. The number of carbonyl (C=O) groups is 2. The molecule has 0 saturated heterocycles. The number of benzene rings is 1. The van der Waals surface area contributed by atoms with Gasteiger partial charge in [0.1, 0.15) is 11.3 Å². The van der Waals surface area contributed by atoms with Crippen molar-refractivity contribution in [3.05, 3.63) is 29.8 Å². The van der Waals surface area contributed by atoms with Crippen molar-refractivity contribution in [2.24, 2.45) is 0 Å².